The first-order valence-corrected chi connectivity index (χ1v) is 12.7. The van der Waals surface area contributed by atoms with E-state index in [4.69, 9.17) is 32.7 Å². The Bertz CT molecular complexity index is 1180. The highest BCUT2D eigenvalue weighted by molar-refractivity contribution is 6.35. The van der Waals surface area contributed by atoms with Crippen molar-refractivity contribution in [2.24, 2.45) is 0 Å². The quantitative estimate of drug-likeness (QED) is 0.449. The van der Waals surface area contributed by atoms with Crippen molar-refractivity contribution in [2.45, 2.75) is 63.9 Å². The largest absolute Gasteiger partial charge is 0.445 e. The maximum atomic E-state index is 12.9. The van der Waals surface area contributed by atoms with Crippen LogP contribution >= 0.6 is 23.2 Å². The number of hydrogen-bond acceptors (Lipinski definition) is 7. The number of aromatic nitrogens is 4. The van der Waals surface area contributed by atoms with Crippen LogP contribution in [0.3, 0.4) is 0 Å². The van der Waals surface area contributed by atoms with Crippen LogP contribution in [0.4, 0.5) is 10.6 Å². The van der Waals surface area contributed by atoms with E-state index in [9.17, 15) is 4.79 Å². The minimum Gasteiger partial charge on any atom is -0.445 e. The van der Waals surface area contributed by atoms with Crippen molar-refractivity contribution in [1.29, 1.82) is 0 Å². The number of anilines is 1. The van der Waals surface area contributed by atoms with Crippen LogP contribution in [-0.4, -0.2) is 56.0 Å². The van der Waals surface area contributed by atoms with Gasteiger partial charge in [-0.1, -0.05) is 41.9 Å². The third-order valence-corrected chi connectivity index (χ3v) is 7.01. The molecule has 2 saturated heterocycles. The van der Waals surface area contributed by atoms with Gasteiger partial charge in [-0.25, -0.2) is 9.48 Å². The molecule has 0 bridgehead atoms. The van der Waals surface area contributed by atoms with Gasteiger partial charge in [-0.15, -0.1) is 0 Å². The van der Waals surface area contributed by atoms with Crippen molar-refractivity contribution in [3.63, 3.8) is 0 Å². The molecule has 5 rings (SSSR count). The van der Waals surface area contributed by atoms with Crippen LogP contribution in [0.5, 0.6) is 0 Å². The predicted octanol–water partition coefficient (Wildman–Crippen LogP) is 5.43. The number of halogens is 2. The number of rotatable bonds is 5. The molecule has 3 atom stereocenters. The van der Waals surface area contributed by atoms with Crippen LogP contribution in [0, 0.1) is 0 Å². The Morgan fingerprint density at radius 3 is 2.77 bits per heavy atom. The van der Waals surface area contributed by atoms with E-state index in [1.165, 1.54) is 0 Å². The number of fused-ring (bicyclic) bond motifs is 1. The molecule has 0 radical (unpaired) electrons. The fraction of sp³-hybridized carbons (Fsp3) is 0.500. The summed E-state index contributed by atoms with van der Waals surface area (Å²) < 4.78 is 13.2. The Balaban J connectivity index is 1.32. The second-order valence-electron chi connectivity index (χ2n) is 9.06. The van der Waals surface area contributed by atoms with E-state index in [2.05, 4.69) is 20.4 Å². The number of nitrogens with one attached hydrogen (secondary N) is 1. The molecule has 2 aromatic heterocycles. The van der Waals surface area contributed by atoms with Crippen LogP contribution in [0.25, 0.3) is 11.0 Å². The number of benzene rings is 1. The summed E-state index contributed by atoms with van der Waals surface area (Å²) in [5.74, 6) is 0.504. The van der Waals surface area contributed by atoms with E-state index in [-0.39, 0.29) is 41.4 Å². The highest BCUT2D eigenvalue weighted by Crippen LogP contribution is 2.34. The van der Waals surface area contributed by atoms with E-state index in [1.807, 2.05) is 37.3 Å². The van der Waals surface area contributed by atoms with E-state index in [0.717, 1.165) is 37.7 Å². The first-order valence-electron chi connectivity index (χ1n) is 12.0. The molecule has 2 aliphatic heterocycles. The maximum Gasteiger partial charge on any atom is 0.410 e. The zero-order valence-corrected chi connectivity index (χ0v) is 21.0. The van der Waals surface area contributed by atoms with Crippen LogP contribution in [-0.2, 0) is 16.1 Å². The first-order chi connectivity index (χ1) is 17.0. The minimum atomic E-state index is -0.334. The molecule has 0 aliphatic carbocycles. The molecule has 4 heterocycles. The Hall–Kier alpha value is -2.62. The van der Waals surface area contributed by atoms with Gasteiger partial charge < -0.3 is 19.7 Å². The number of nitrogens with zero attached hydrogens (tertiary/aromatic N) is 5. The molecule has 1 amide bonds. The lowest BCUT2D eigenvalue weighted by molar-refractivity contribution is -0.0369. The van der Waals surface area contributed by atoms with E-state index in [1.54, 1.807) is 9.58 Å². The number of ether oxygens (including phenoxy) is 2. The molecule has 2 aliphatic rings. The van der Waals surface area contributed by atoms with Crippen molar-refractivity contribution in [3.8, 4) is 0 Å². The predicted molar refractivity (Wildman–Crippen MR) is 134 cm³/mol. The normalized spacial score (nSPS) is 22.8. The van der Waals surface area contributed by atoms with Gasteiger partial charge in [-0.2, -0.15) is 15.1 Å². The smallest absolute Gasteiger partial charge is 0.410 e. The zero-order chi connectivity index (χ0) is 24.4. The van der Waals surface area contributed by atoms with Crippen molar-refractivity contribution >= 4 is 46.1 Å². The summed E-state index contributed by atoms with van der Waals surface area (Å²) in [5.41, 5.74) is 1.49. The summed E-state index contributed by atoms with van der Waals surface area (Å²) in [6.45, 7) is 3.41. The van der Waals surface area contributed by atoms with Gasteiger partial charge in [0.15, 0.2) is 17.0 Å². The van der Waals surface area contributed by atoms with Crippen LogP contribution < -0.4 is 5.32 Å². The second kappa shape index (κ2) is 10.6. The van der Waals surface area contributed by atoms with E-state index in [0.29, 0.717) is 30.0 Å². The Labute approximate surface area is 213 Å². The summed E-state index contributed by atoms with van der Waals surface area (Å²) in [4.78, 5) is 23.4. The second-order valence-corrected chi connectivity index (χ2v) is 9.75. The standard InChI is InChI=1S/C24H28Cl2N6O3/c1-15-10-11-17(13-31(15)24(33)35-14-16-7-3-2-4-8-16)27-21-19-20(25)30-32(18-9-5-6-12-34-18)22(19)29-23(26)28-21/h2-4,7-8,15,17-18H,5-6,9-14H2,1H3,(H,27,28,29)/t15-,17+,18?/m0/s1. The SMILES string of the molecule is C[C@H]1CC[C@@H](Nc2nc(Cl)nc3c2c(Cl)nn3C2CCCCO2)CN1C(=O)OCc1ccccc1. The average molecular weight is 519 g/mol. The summed E-state index contributed by atoms with van der Waals surface area (Å²) in [5, 5.41) is 8.91. The van der Waals surface area contributed by atoms with Crippen molar-refractivity contribution in [3.05, 3.63) is 46.3 Å². The highest BCUT2D eigenvalue weighted by Gasteiger charge is 2.32. The van der Waals surface area contributed by atoms with Gasteiger partial charge in [-0.3, -0.25) is 0 Å². The van der Waals surface area contributed by atoms with Crippen molar-refractivity contribution in [2.75, 3.05) is 18.5 Å². The maximum absolute atomic E-state index is 12.9. The third kappa shape index (κ3) is 5.32. The number of piperidine rings is 1. The lowest BCUT2D eigenvalue weighted by Gasteiger charge is -2.37. The molecule has 0 saturated carbocycles. The van der Waals surface area contributed by atoms with Gasteiger partial charge in [0, 0.05) is 25.2 Å². The van der Waals surface area contributed by atoms with Gasteiger partial charge in [0.1, 0.15) is 17.8 Å². The van der Waals surface area contributed by atoms with Crippen LogP contribution in [0.2, 0.25) is 10.4 Å². The Morgan fingerprint density at radius 1 is 1.17 bits per heavy atom. The summed E-state index contributed by atoms with van der Waals surface area (Å²) in [6, 6.07) is 9.66. The van der Waals surface area contributed by atoms with Gasteiger partial charge >= 0.3 is 6.09 Å². The van der Waals surface area contributed by atoms with Gasteiger partial charge in [0.25, 0.3) is 0 Å². The van der Waals surface area contributed by atoms with Crippen molar-refractivity contribution < 1.29 is 14.3 Å². The van der Waals surface area contributed by atoms with Gasteiger partial charge in [0.05, 0.1) is 0 Å². The number of carbonyl (C=O) groups is 1. The lowest BCUT2D eigenvalue weighted by Crippen LogP contribution is -2.49. The Morgan fingerprint density at radius 2 is 2.00 bits per heavy atom. The molecular weight excluding hydrogens is 491 g/mol. The van der Waals surface area contributed by atoms with E-state index < -0.39 is 0 Å². The lowest BCUT2D eigenvalue weighted by atomic mass is 10.00. The molecule has 11 heteroatoms. The molecule has 186 valence electrons. The first kappa shape index (κ1) is 24.1. The monoisotopic (exact) mass is 518 g/mol. The molecule has 1 aromatic carbocycles. The van der Waals surface area contributed by atoms with Crippen LogP contribution in [0.1, 0.15) is 50.8 Å². The van der Waals surface area contributed by atoms with Gasteiger partial charge in [-0.05, 0) is 56.2 Å². The molecule has 1 N–H and O–H groups in total. The third-order valence-electron chi connectivity index (χ3n) is 6.57. The van der Waals surface area contributed by atoms with Crippen LogP contribution in [0.15, 0.2) is 30.3 Å². The summed E-state index contributed by atoms with van der Waals surface area (Å²) in [7, 11) is 0. The van der Waals surface area contributed by atoms with Gasteiger partial charge in [0.2, 0.25) is 5.28 Å². The number of hydrogen-bond donors (Lipinski definition) is 1. The number of amides is 1. The van der Waals surface area contributed by atoms with Crippen molar-refractivity contribution in [1.82, 2.24) is 24.6 Å². The average Bonchev–Trinajstić information content (AvgIpc) is 3.21. The molecule has 3 aromatic rings. The highest BCUT2D eigenvalue weighted by atomic mass is 35.5. The number of carbonyl (C=O) groups excluding carboxylic acids is 1. The molecule has 2 fully saturated rings. The topological polar surface area (TPSA) is 94.4 Å². The summed E-state index contributed by atoms with van der Waals surface area (Å²) >= 11 is 12.8. The zero-order valence-electron chi connectivity index (χ0n) is 19.5. The fourth-order valence-electron chi connectivity index (χ4n) is 4.67. The van der Waals surface area contributed by atoms with E-state index >= 15 is 0 Å². The molecule has 35 heavy (non-hydrogen) atoms. The number of likely N-dealkylation sites (tertiary alicyclic amines) is 1. The Kier molecular flexibility index (Phi) is 7.27. The fourth-order valence-corrected chi connectivity index (χ4v) is 5.09. The molecule has 1 unspecified atom stereocenters. The summed E-state index contributed by atoms with van der Waals surface area (Å²) in [6.07, 6.45) is 4.01. The molecule has 9 nitrogen and oxygen atoms in total. The molecule has 0 spiro atoms. The molecular formula is C24H28Cl2N6O3. The minimum absolute atomic E-state index is 0.0602.